The van der Waals surface area contributed by atoms with Crippen molar-refractivity contribution in [1.29, 1.82) is 0 Å². The maximum Gasteiger partial charge on any atom is 0.255 e. The van der Waals surface area contributed by atoms with Gasteiger partial charge in [-0.05, 0) is 75.4 Å². The summed E-state index contributed by atoms with van der Waals surface area (Å²) in [6.45, 7) is 1.74. The standard InChI is InChI=1S/C20H24FN3O3S/c1-23-12-10-18(11-13-23)24(2)28(26,27)19-8-6-17(7-9-19)22-20(25)15-4-3-5-16(21)14-15/h3-9,14,18H,10-13H2,1-2H3,(H,22,25). The fourth-order valence-electron chi connectivity index (χ4n) is 3.26. The Balaban J connectivity index is 1.70. The van der Waals surface area contributed by atoms with Crippen LogP contribution in [0.4, 0.5) is 10.1 Å². The molecular formula is C20H24FN3O3S. The minimum absolute atomic E-state index is 0.0199. The van der Waals surface area contributed by atoms with Crippen LogP contribution >= 0.6 is 0 Å². The summed E-state index contributed by atoms with van der Waals surface area (Å²) in [5.74, 6) is -0.954. The molecule has 1 saturated heterocycles. The lowest BCUT2D eigenvalue weighted by atomic mass is 10.1. The number of benzene rings is 2. The highest BCUT2D eigenvalue weighted by molar-refractivity contribution is 7.89. The summed E-state index contributed by atoms with van der Waals surface area (Å²) in [6, 6.07) is 11.4. The molecule has 1 amide bonds. The van der Waals surface area contributed by atoms with E-state index >= 15 is 0 Å². The van der Waals surface area contributed by atoms with Crippen molar-refractivity contribution in [2.75, 3.05) is 32.5 Å². The predicted molar refractivity (Wildman–Crippen MR) is 106 cm³/mol. The number of sulfonamides is 1. The quantitative estimate of drug-likeness (QED) is 0.831. The molecule has 150 valence electrons. The molecule has 1 fully saturated rings. The average molecular weight is 405 g/mol. The molecule has 1 N–H and O–H groups in total. The van der Waals surface area contributed by atoms with Crippen LogP contribution in [-0.4, -0.2) is 56.8 Å². The number of carbonyl (C=O) groups excluding carboxylic acids is 1. The predicted octanol–water partition coefficient (Wildman–Crippen LogP) is 2.79. The van der Waals surface area contributed by atoms with Gasteiger partial charge in [0.2, 0.25) is 10.0 Å². The number of hydrogen-bond donors (Lipinski definition) is 1. The van der Waals surface area contributed by atoms with Crippen LogP contribution in [0.3, 0.4) is 0 Å². The summed E-state index contributed by atoms with van der Waals surface area (Å²) in [5, 5.41) is 2.64. The van der Waals surface area contributed by atoms with Crippen molar-refractivity contribution in [3.05, 3.63) is 59.9 Å². The number of nitrogens with one attached hydrogen (secondary N) is 1. The fraction of sp³-hybridized carbons (Fsp3) is 0.350. The number of anilines is 1. The summed E-state index contributed by atoms with van der Waals surface area (Å²) in [5.41, 5.74) is 0.633. The Morgan fingerprint density at radius 2 is 1.79 bits per heavy atom. The van der Waals surface area contributed by atoms with Crippen molar-refractivity contribution in [3.63, 3.8) is 0 Å². The highest BCUT2D eigenvalue weighted by Gasteiger charge is 2.30. The smallest absolute Gasteiger partial charge is 0.255 e. The van der Waals surface area contributed by atoms with Gasteiger partial charge < -0.3 is 10.2 Å². The van der Waals surface area contributed by atoms with Crippen molar-refractivity contribution >= 4 is 21.6 Å². The molecule has 6 nitrogen and oxygen atoms in total. The maximum atomic E-state index is 13.2. The molecule has 0 atom stereocenters. The molecule has 1 aliphatic heterocycles. The van der Waals surface area contributed by atoms with Gasteiger partial charge in [0.05, 0.1) is 4.90 Å². The van der Waals surface area contributed by atoms with Crippen LogP contribution < -0.4 is 5.32 Å². The van der Waals surface area contributed by atoms with Gasteiger partial charge in [-0.25, -0.2) is 12.8 Å². The van der Waals surface area contributed by atoms with Crippen molar-refractivity contribution in [1.82, 2.24) is 9.21 Å². The van der Waals surface area contributed by atoms with E-state index in [9.17, 15) is 17.6 Å². The van der Waals surface area contributed by atoms with E-state index in [0.29, 0.717) is 5.69 Å². The van der Waals surface area contributed by atoms with Crippen molar-refractivity contribution < 1.29 is 17.6 Å². The van der Waals surface area contributed by atoms with Crippen LogP contribution in [-0.2, 0) is 10.0 Å². The van der Waals surface area contributed by atoms with Gasteiger partial charge in [0.15, 0.2) is 0 Å². The Kier molecular flexibility index (Phi) is 6.12. The molecule has 0 aromatic heterocycles. The lowest BCUT2D eigenvalue weighted by Gasteiger charge is -2.34. The summed E-state index contributed by atoms with van der Waals surface area (Å²) in [6.07, 6.45) is 1.60. The second-order valence-corrected chi connectivity index (χ2v) is 9.04. The van der Waals surface area contributed by atoms with E-state index in [1.165, 1.54) is 46.8 Å². The summed E-state index contributed by atoms with van der Waals surface area (Å²) >= 11 is 0. The molecule has 0 bridgehead atoms. The largest absolute Gasteiger partial charge is 0.322 e. The minimum Gasteiger partial charge on any atom is -0.322 e. The molecule has 1 heterocycles. The third kappa shape index (κ3) is 4.57. The number of likely N-dealkylation sites (tertiary alicyclic amines) is 1. The maximum absolute atomic E-state index is 13.2. The van der Waals surface area contributed by atoms with E-state index in [1.807, 2.05) is 7.05 Å². The van der Waals surface area contributed by atoms with Gasteiger partial charge in [-0.2, -0.15) is 4.31 Å². The first-order valence-electron chi connectivity index (χ1n) is 9.11. The molecule has 0 unspecified atom stereocenters. The van der Waals surface area contributed by atoms with Gasteiger partial charge in [-0.15, -0.1) is 0 Å². The van der Waals surface area contributed by atoms with Crippen molar-refractivity contribution in [2.24, 2.45) is 0 Å². The Labute approximate surface area is 165 Å². The van der Waals surface area contributed by atoms with Crippen LogP contribution in [0.2, 0.25) is 0 Å². The van der Waals surface area contributed by atoms with Crippen LogP contribution in [0.15, 0.2) is 53.4 Å². The minimum atomic E-state index is -3.61. The van der Waals surface area contributed by atoms with Crippen molar-refractivity contribution in [3.8, 4) is 0 Å². The van der Waals surface area contributed by atoms with E-state index in [1.54, 1.807) is 7.05 Å². The molecule has 1 aliphatic rings. The van der Waals surface area contributed by atoms with E-state index in [-0.39, 0.29) is 16.5 Å². The highest BCUT2D eigenvalue weighted by atomic mass is 32.2. The Hall–Kier alpha value is -2.29. The topological polar surface area (TPSA) is 69.7 Å². The molecule has 28 heavy (non-hydrogen) atoms. The molecule has 8 heteroatoms. The molecule has 2 aromatic carbocycles. The van der Waals surface area contributed by atoms with Crippen LogP contribution in [0, 0.1) is 5.82 Å². The van der Waals surface area contributed by atoms with Gasteiger partial charge in [0, 0.05) is 24.3 Å². The van der Waals surface area contributed by atoms with Gasteiger partial charge in [0.25, 0.3) is 5.91 Å². The van der Waals surface area contributed by atoms with E-state index in [2.05, 4.69) is 10.2 Å². The molecule has 0 aliphatic carbocycles. The zero-order valence-electron chi connectivity index (χ0n) is 15.9. The molecule has 2 aromatic rings. The fourth-order valence-corrected chi connectivity index (χ4v) is 4.68. The number of halogens is 1. The SMILES string of the molecule is CN1CCC(N(C)S(=O)(=O)c2ccc(NC(=O)c3cccc(F)c3)cc2)CC1. The number of rotatable bonds is 5. The van der Waals surface area contributed by atoms with E-state index in [4.69, 9.17) is 0 Å². The average Bonchev–Trinajstić information content (AvgIpc) is 2.68. The molecular weight excluding hydrogens is 381 g/mol. The normalized spacial score (nSPS) is 16.3. The van der Waals surface area contributed by atoms with Crippen LogP contribution in [0.1, 0.15) is 23.2 Å². The van der Waals surface area contributed by atoms with Crippen LogP contribution in [0.25, 0.3) is 0 Å². The number of amides is 1. The number of piperidine rings is 1. The Morgan fingerprint density at radius 3 is 2.39 bits per heavy atom. The van der Waals surface area contributed by atoms with Crippen LogP contribution in [0.5, 0.6) is 0 Å². The van der Waals surface area contributed by atoms with Crippen molar-refractivity contribution in [2.45, 2.75) is 23.8 Å². The molecule has 3 rings (SSSR count). The second-order valence-electron chi connectivity index (χ2n) is 7.04. The summed E-state index contributed by atoms with van der Waals surface area (Å²) < 4.78 is 40.5. The van der Waals surface area contributed by atoms with Gasteiger partial charge in [0.1, 0.15) is 5.82 Å². The highest BCUT2D eigenvalue weighted by Crippen LogP contribution is 2.23. The zero-order valence-corrected chi connectivity index (χ0v) is 16.7. The molecule has 0 saturated carbocycles. The molecule has 0 radical (unpaired) electrons. The summed E-state index contributed by atoms with van der Waals surface area (Å²) in [7, 11) is 0.0388. The summed E-state index contributed by atoms with van der Waals surface area (Å²) in [4.78, 5) is 14.5. The first kappa shape index (κ1) is 20.4. The number of carbonyl (C=O) groups is 1. The van der Waals surface area contributed by atoms with Gasteiger partial charge in [-0.3, -0.25) is 4.79 Å². The first-order valence-corrected chi connectivity index (χ1v) is 10.5. The van der Waals surface area contributed by atoms with Gasteiger partial charge >= 0.3 is 0 Å². The first-order chi connectivity index (χ1) is 13.3. The third-order valence-electron chi connectivity index (χ3n) is 5.08. The monoisotopic (exact) mass is 405 g/mol. The lowest BCUT2D eigenvalue weighted by Crippen LogP contribution is -2.44. The Morgan fingerprint density at radius 1 is 1.14 bits per heavy atom. The molecule has 0 spiro atoms. The van der Waals surface area contributed by atoms with E-state index < -0.39 is 21.7 Å². The second kappa shape index (κ2) is 8.38. The Bertz CT molecular complexity index is 939. The van der Waals surface area contributed by atoms with Gasteiger partial charge in [-0.1, -0.05) is 6.07 Å². The lowest BCUT2D eigenvalue weighted by molar-refractivity contribution is 0.102. The third-order valence-corrected chi connectivity index (χ3v) is 7.00. The zero-order chi connectivity index (χ0) is 20.3. The number of nitrogens with zero attached hydrogens (tertiary/aromatic N) is 2. The van der Waals surface area contributed by atoms with E-state index in [0.717, 1.165) is 32.0 Å². The number of hydrogen-bond acceptors (Lipinski definition) is 4.